The molecule has 0 saturated carbocycles. The molecule has 104 valence electrons. The van der Waals surface area contributed by atoms with Gasteiger partial charge in [-0.2, -0.15) is 0 Å². The van der Waals surface area contributed by atoms with Gasteiger partial charge in [0.2, 0.25) is 5.91 Å². The summed E-state index contributed by atoms with van der Waals surface area (Å²) in [4.78, 5) is 26.3. The number of amides is 1. The number of rotatable bonds is 5. The Morgan fingerprint density at radius 2 is 2.05 bits per heavy atom. The van der Waals surface area contributed by atoms with Gasteiger partial charge in [-0.15, -0.1) is 6.42 Å². The van der Waals surface area contributed by atoms with Crippen LogP contribution >= 0.6 is 0 Å². The second kappa shape index (κ2) is 5.89. The summed E-state index contributed by atoms with van der Waals surface area (Å²) in [6, 6.07) is 0. The average Bonchev–Trinajstić information content (AvgIpc) is 2.26. The quantitative estimate of drug-likeness (QED) is 0.406. The van der Waals surface area contributed by atoms with E-state index in [-0.39, 0.29) is 24.0 Å². The smallest absolute Gasteiger partial charge is 0.302 e. The van der Waals surface area contributed by atoms with Gasteiger partial charge in [0.1, 0.15) is 5.54 Å². The van der Waals surface area contributed by atoms with Gasteiger partial charge in [0, 0.05) is 18.9 Å². The van der Waals surface area contributed by atoms with Crippen LogP contribution in [0.3, 0.4) is 0 Å². The topological polar surface area (TPSA) is 49.9 Å². The number of likely N-dealkylation sites (tertiary alicyclic amines) is 1. The van der Waals surface area contributed by atoms with E-state index in [4.69, 9.17) is 11.2 Å². The van der Waals surface area contributed by atoms with E-state index >= 15 is 0 Å². The minimum absolute atomic E-state index is 0.125. The van der Waals surface area contributed by atoms with Crippen LogP contribution in [0.15, 0.2) is 12.2 Å². The standard InChI is InChI=1S/C14H20N2O3/c1-6-14(15(4)5)9-16(10-14)13(18)11(2)7-8-19-12(3)17/h1H,2,7-10H2,3-5H3. The highest BCUT2D eigenvalue weighted by Gasteiger charge is 2.45. The maximum Gasteiger partial charge on any atom is 0.302 e. The Labute approximate surface area is 114 Å². The zero-order valence-electron chi connectivity index (χ0n) is 11.7. The Bertz CT molecular complexity index is 428. The summed E-state index contributed by atoms with van der Waals surface area (Å²) >= 11 is 0. The molecule has 0 spiro atoms. The normalized spacial score (nSPS) is 16.5. The van der Waals surface area contributed by atoms with E-state index in [1.807, 2.05) is 19.0 Å². The summed E-state index contributed by atoms with van der Waals surface area (Å²) in [7, 11) is 3.80. The number of carbonyl (C=O) groups is 2. The molecule has 0 aromatic heterocycles. The molecule has 1 aliphatic rings. The van der Waals surface area contributed by atoms with Crippen molar-refractivity contribution >= 4 is 11.9 Å². The first-order valence-electron chi connectivity index (χ1n) is 6.08. The fourth-order valence-corrected chi connectivity index (χ4v) is 1.88. The van der Waals surface area contributed by atoms with Crippen molar-refractivity contribution in [1.29, 1.82) is 0 Å². The van der Waals surface area contributed by atoms with E-state index in [0.29, 0.717) is 25.1 Å². The summed E-state index contributed by atoms with van der Waals surface area (Å²) in [5, 5.41) is 0. The number of ether oxygens (including phenoxy) is 1. The first kappa shape index (κ1) is 15.3. The molecule has 0 atom stereocenters. The second-order valence-electron chi connectivity index (χ2n) is 4.93. The van der Waals surface area contributed by atoms with Crippen LogP contribution in [-0.4, -0.2) is 61.0 Å². The predicted octanol–water partition coefficient (Wildman–Crippen LogP) is 0.272. The zero-order valence-corrected chi connectivity index (χ0v) is 11.7. The van der Waals surface area contributed by atoms with Crippen molar-refractivity contribution in [2.45, 2.75) is 18.9 Å². The van der Waals surface area contributed by atoms with Crippen LogP contribution < -0.4 is 0 Å². The molecule has 0 aliphatic carbocycles. The van der Waals surface area contributed by atoms with Crippen LogP contribution in [0.2, 0.25) is 0 Å². The molecule has 1 saturated heterocycles. The molecule has 0 aromatic rings. The molecular weight excluding hydrogens is 244 g/mol. The molecule has 5 nitrogen and oxygen atoms in total. The van der Waals surface area contributed by atoms with Crippen molar-refractivity contribution in [3.8, 4) is 12.3 Å². The molecule has 1 amide bonds. The Balaban J connectivity index is 2.43. The van der Waals surface area contributed by atoms with Crippen LogP contribution in [0.1, 0.15) is 13.3 Å². The molecule has 0 bridgehead atoms. The highest BCUT2D eigenvalue weighted by atomic mass is 16.5. The molecule has 19 heavy (non-hydrogen) atoms. The maximum atomic E-state index is 12.0. The van der Waals surface area contributed by atoms with Gasteiger partial charge in [-0.3, -0.25) is 14.5 Å². The van der Waals surface area contributed by atoms with Crippen molar-refractivity contribution < 1.29 is 14.3 Å². The molecule has 1 aliphatic heterocycles. The Kier molecular flexibility index (Phi) is 4.73. The van der Waals surface area contributed by atoms with Crippen molar-refractivity contribution in [3.63, 3.8) is 0 Å². The monoisotopic (exact) mass is 264 g/mol. The fraction of sp³-hybridized carbons (Fsp3) is 0.571. The first-order chi connectivity index (χ1) is 8.82. The lowest BCUT2D eigenvalue weighted by molar-refractivity contribution is -0.142. The molecule has 5 heteroatoms. The van der Waals surface area contributed by atoms with E-state index in [1.165, 1.54) is 6.92 Å². The van der Waals surface area contributed by atoms with Crippen molar-refractivity contribution in [3.05, 3.63) is 12.2 Å². The molecule has 0 unspecified atom stereocenters. The molecule has 0 radical (unpaired) electrons. The minimum atomic E-state index is -0.369. The van der Waals surface area contributed by atoms with Gasteiger partial charge in [-0.1, -0.05) is 12.5 Å². The zero-order chi connectivity index (χ0) is 14.6. The molecule has 0 aromatic carbocycles. The number of nitrogens with zero attached hydrogens (tertiary/aromatic N) is 2. The first-order valence-corrected chi connectivity index (χ1v) is 6.08. The average molecular weight is 264 g/mol. The molecule has 0 N–H and O–H groups in total. The lowest BCUT2D eigenvalue weighted by atomic mass is 9.88. The molecule has 1 fully saturated rings. The van der Waals surface area contributed by atoms with Crippen LogP contribution in [0.5, 0.6) is 0 Å². The van der Waals surface area contributed by atoms with Gasteiger partial charge in [0.25, 0.3) is 0 Å². The Hall–Kier alpha value is -1.80. The lowest BCUT2D eigenvalue weighted by Crippen LogP contribution is -2.69. The van der Waals surface area contributed by atoms with Crippen LogP contribution in [0.4, 0.5) is 0 Å². The van der Waals surface area contributed by atoms with E-state index in [0.717, 1.165) is 0 Å². The van der Waals surface area contributed by atoms with Gasteiger partial charge in [-0.05, 0) is 14.1 Å². The third-order valence-electron chi connectivity index (χ3n) is 3.33. The largest absolute Gasteiger partial charge is 0.466 e. The van der Waals surface area contributed by atoms with E-state index in [1.54, 1.807) is 4.90 Å². The molecular formula is C14H20N2O3. The number of carbonyl (C=O) groups excluding carboxylic acids is 2. The molecule has 1 rings (SSSR count). The van der Waals surface area contributed by atoms with E-state index in [9.17, 15) is 9.59 Å². The van der Waals surface area contributed by atoms with Gasteiger partial charge in [0.15, 0.2) is 0 Å². The number of likely N-dealkylation sites (N-methyl/N-ethyl adjacent to an activating group) is 1. The van der Waals surface area contributed by atoms with Gasteiger partial charge in [0.05, 0.1) is 19.7 Å². The minimum Gasteiger partial charge on any atom is -0.466 e. The van der Waals surface area contributed by atoms with Crippen LogP contribution in [0, 0.1) is 12.3 Å². The summed E-state index contributed by atoms with van der Waals surface area (Å²) < 4.78 is 4.78. The Morgan fingerprint density at radius 1 is 1.47 bits per heavy atom. The third-order valence-corrected chi connectivity index (χ3v) is 3.33. The van der Waals surface area contributed by atoms with E-state index < -0.39 is 0 Å². The lowest BCUT2D eigenvalue weighted by Gasteiger charge is -2.50. The Morgan fingerprint density at radius 3 is 2.47 bits per heavy atom. The van der Waals surface area contributed by atoms with Gasteiger partial charge in [-0.25, -0.2) is 0 Å². The SMILES string of the molecule is C#CC1(N(C)C)CN(C(=O)C(=C)CCOC(C)=O)C1. The van der Waals surface area contributed by atoms with Crippen molar-refractivity contribution in [2.24, 2.45) is 0 Å². The second-order valence-corrected chi connectivity index (χ2v) is 4.93. The highest BCUT2D eigenvalue weighted by molar-refractivity contribution is 5.93. The van der Waals surface area contributed by atoms with Gasteiger partial charge >= 0.3 is 5.97 Å². The van der Waals surface area contributed by atoms with Crippen molar-refractivity contribution in [2.75, 3.05) is 33.8 Å². The third kappa shape index (κ3) is 3.36. The number of hydrogen-bond acceptors (Lipinski definition) is 4. The summed E-state index contributed by atoms with van der Waals surface area (Å²) in [5.41, 5.74) is 0.0665. The number of terminal acetylenes is 1. The molecule has 1 heterocycles. The summed E-state index contributed by atoms with van der Waals surface area (Å²) in [5.74, 6) is 2.25. The van der Waals surface area contributed by atoms with Gasteiger partial charge < -0.3 is 9.64 Å². The predicted molar refractivity (Wildman–Crippen MR) is 72.2 cm³/mol. The van der Waals surface area contributed by atoms with Crippen molar-refractivity contribution in [1.82, 2.24) is 9.80 Å². The fourth-order valence-electron chi connectivity index (χ4n) is 1.88. The van der Waals surface area contributed by atoms with E-state index in [2.05, 4.69) is 12.5 Å². The summed E-state index contributed by atoms with van der Waals surface area (Å²) in [6.07, 6.45) is 5.86. The highest BCUT2D eigenvalue weighted by Crippen LogP contribution is 2.26. The maximum absolute atomic E-state index is 12.0. The summed E-state index contributed by atoms with van der Waals surface area (Å²) in [6.45, 7) is 6.24. The van der Waals surface area contributed by atoms with Crippen LogP contribution in [0.25, 0.3) is 0 Å². The number of esters is 1. The number of hydrogen-bond donors (Lipinski definition) is 0. The van der Waals surface area contributed by atoms with Crippen LogP contribution in [-0.2, 0) is 14.3 Å².